The molecular weight excluding hydrogens is 352 g/mol. The first-order valence-electron chi connectivity index (χ1n) is 10.7. The molecule has 5 heteroatoms. The van der Waals surface area contributed by atoms with Gasteiger partial charge in [-0.3, -0.25) is 9.69 Å². The molecule has 1 spiro atoms. The highest BCUT2D eigenvalue weighted by Gasteiger charge is 2.51. The molecule has 2 saturated heterocycles. The molecular formula is C23H32N2O3. The van der Waals surface area contributed by atoms with Gasteiger partial charge in [-0.1, -0.05) is 38.1 Å². The summed E-state index contributed by atoms with van der Waals surface area (Å²) < 4.78 is 0. The minimum Gasteiger partial charge on any atom is -0.480 e. The average Bonchev–Trinajstić information content (AvgIpc) is 3.46. The van der Waals surface area contributed by atoms with Gasteiger partial charge in [0, 0.05) is 19.0 Å². The van der Waals surface area contributed by atoms with Crippen molar-refractivity contribution in [2.45, 2.75) is 64.5 Å². The predicted octanol–water partition coefficient (Wildman–Crippen LogP) is 3.49. The Morgan fingerprint density at radius 3 is 2.32 bits per heavy atom. The Balaban J connectivity index is 1.36. The third-order valence-corrected chi connectivity index (χ3v) is 6.97. The summed E-state index contributed by atoms with van der Waals surface area (Å²) in [5, 5.41) is 9.65. The average molecular weight is 385 g/mol. The van der Waals surface area contributed by atoms with Crippen LogP contribution in [0, 0.1) is 11.3 Å². The topological polar surface area (TPSA) is 60.9 Å². The van der Waals surface area contributed by atoms with E-state index in [9.17, 15) is 14.7 Å². The van der Waals surface area contributed by atoms with Gasteiger partial charge in [-0.05, 0) is 67.7 Å². The number of carboxylic acid groups (broad SMARTS) is 1. The zero-order chi connectivity index (χ0) is 19.9. The minimum absolute atomic E-state index is 0.00833. The summed E-state index contributed by atoms with van der Waals surface area (Å²) in [6, 6.07) is 8.28. The first-order valence-corrected chi connectivity index (χ1v) is 10.7. The molecule has 2 heterocycles. The van der Waals surface area contributed by atoms with Gasteiger partial charge in [0.15, 0.2) is 0 Å². The zero-order valence-corrected chi connectivity index (χ0v) is 17.1. The van der Waals surface area contributed by atoms with Gasteiger partial charge in [0.1, 0.15) is 6.04 Å². The number of nitrogens with zero attached hydrogens (tertiary/aromatic N) is 2. The standard InChI is InChI=1S/C23H32N2O3/c1-16(2)18-5-3-17(4-6-18)14-24-11-9-23(10-12-24)13-20(22(27)28)25(15-23)21(26)19-7-8-19/h3-6,16,19-20H,7-15H2,1-2H3,(H,27,28)/t20-/m0/s1. The Labute approximate surface area is 167 Å². The lowest BCUT2D eigenvalue weighted by Gasteiger charge is -2.39. The summed E-state index contributed by atoms with van der Waals surface area (Å²) in [6.45, 7) is 7.95. The second-order valence-electron chi connectivity index (χ2n) is 9.47. The number of benzene rings is 1. The van der Waals surface area contributed by atoms with E-state index >= 15 is 0 Å². The van der Waals surface area contributed by atoms with Gasteiger partial charge in [-0.2, -0.15) is 0 Å². The van der Waals surface area contributed by atoms with Crippen molar-refractivity contribution in [3.8, 4) is 0 Å². The van der Waals surface area contributed by atoms with Gasteiger partial charge in [-0.25, -0.2) is 4.79 Å². The molecule has 3 fully saturated rings. The van der Waals surface area contributed by atoms with Crippen molar-refractivity contribution in [1.82, 2.24) is 9.80 Å². The van der Waals surface area contributed by atoms with E-state index in [-0.39, 0.29) is 17.2 Å². The molecule has 1 aromatic carbocycles. The molecule has 1 saturated carbocycles. The molecule has 0 bridgehead atoms. The van der Waals surface area contributed by atoms with E-state index in [1.165, 1.54) is 11.1 Å². The molecule has 1 atom stereocenters. The normalized spacial score (nSPS) is 24.8. The van der Waals surface area contributed by atoms with Crippen LogP contribution in [0.2, 0.25) is 0 Å². The fourth-order valence-corrected chi connectivity index (χ4v) is 4.89. The van der Waals surface area contributed by atoms with Gasteiger partial charge in [0.25, 0.3) is 0 Å². The third-order valence-electron chi connectivity index (χ3n) is 6.97. The number of amides is 1. The molecule has 5 nitrogen and oxygen atoms in total. The number of aliphatic carboxylic acids is 1. The smallest absolute Gasteiger partial charge is 0.326 e. The number of hydrogen-bond acceptors (Lipinski definition) is 3. The van der Waals surface area contributed by atoms with Crippen LogP contribution in [0.5, 0.6) is 0 Å². The molecule has 152 valence electrons. The Hall–Kier alpha value is -1.88. The third kappa shape index (κ3) is 3.95. The van der Waals surface area contributed by atoms with Gasteiger partial charge >= 0.3 is 5.97 Å². The van der Waals surface area contributed by atoms with Crippen LogP contribution in [0.3, 0.4) is 0 Å². The molecule has 4 rings (SSSR count). The van der Waals surface area contributed by atoms with E-state index in [0.29, 0.717) is 18.9 Å². The monoisotopic (exact) mass is 384 g/mol. The molecule has 3 aliphatic rings. The Kier molecular flexibility index (Phi) is 5.21. The molecule has 1 N–H and O–H groups in total. The van der Waals surface area contributed by atoms with Gasteiger partial charge in [0.05, 0.1) is 0 Å². The maximum Gasteiger partial charge on any atom is 0.326 e. The number of carboxylic acids is 1. The van der Waals surface area contributed by atoms with Crippen molar-refractivity contribution in [2.24, 2.45) is 11.3 Å². The SMILES string of the molecule is CC(C)c1ccc(CN2CCC3(CC2)C[C@@H](C(=O)O)N(C(=O)C2CC2)C3)cc1. The second-order valence-corrected chi connectivity index (χ2v) is 9.47. The van der Waals surface area contributed by atoms with E-state index in [2.05, 4.69) is 43.0 Å². The fourth-order valence-electron chi connectivity index (χ4n) is 4.89. The lowest BCUT2D eigenvalue weighted by atomic mass is 9.76. The summed E-state index contributed by atoms with van der Waals surface area (Å²) >= 11 is 0. The molecule has 1 aromatic rings. The van der Waals surface area contributed by atoms with E-state index < -0.39 is 12.0 Å². The number of carbonyl (C=O) groups is 2. The van der Waals surface area contributed by atoms with E-state index in [1.807, 2.05) is 0 Å². The second kappa shape index (κ2) is 7.51. The minimum atomic E-state index is -0.835. The molecule has 0 aromatic heterocycles. The quantitative estimate of drug-likeness (QED) is 0.844. The highest BCUT2D eigenvalue weighted by atomic mass is 16.4. The molecule has 2 aliphatic heterocycles. The van der Waals surface area contributed by atoms with Crippen LogP contribution in [0.4, 0.5) is 0 Å². The Bertz CT molecular complexity index is 731. The molecule has 1 amide bonds. The van der Waals surface area contributed by atoms with Crippen molar-refractivity contribution >= 4 is 11.9 Å². The Morgan fingerprint density at radius 1 is 1.14 bits per heavy atom. The predicted molar refractivity (Wildman–Crippen MR) is 108 cm³/mol. The highest BCUT2D eigenvalue weighted by molar-refractivity contribution is 5.87. The van der Waals surface area contributed by atoms with Crippen LogP contribution in [0.15, 0.2) is 24.3 Å². The van der Waals surface area contributed by atoms with Crippen molar-refractivity contribution in [1.29, 1.82) is 0 Å². The van der Waals surface area contributed by atoms with Gasteiger partial charge in [0.2, 0.25) is 5.91 Å². The van der Waals surface area contributed by atoms with E-state index in [1.54, 1.807) is 4.90 Å². The fraction of sp³-hybridized carbons (Fsp3) is 0.652. The summed E-state index contributed by atoms with van der Waals surface area (Å²) in [5.74, 6) is -0.115. The van der Waals surface area contributed by atoms with Crippen LogP contribution >= 0.6 is 0 Å². The number of rotatable bonds is 5. The van der Waals surface area contributed by atoms with Crippen LogP contribution < -0.4 is 0 Å². The molecule has 1 aliphatic carbocycles. The van der Waals surface area contributed by atoms with Crippen molar-refractivity contribution in [2.75, 3.05) is 19.6 Å². The maximum absolute atomic E-state index is 12.6. The first kappa shape index (κ1) is 19.4. The molecule has 0 radical (unpaired) electrons. The van der Waals surface area contributed by atoms with Gasteiger partial charge in [-0.15, -0.1) is 0 Å². The summed E-state index contributed by atoms with van der Waals surface area (Å²) in [5.41, 5.74) is 2.69. The van der Waals surface area contributed by atoms with E-state index in [4.69, 9.17) is 0 Å². The van der Waals surface area contributed by atoms with Crippen LogP contribution in [-0.4, -0.2) is 52.5 Å². The van der Waals surface area contributed by atoms with Crippen LogP contribution in [0.1, 0.15) is 63.0 Å². The van der Waals surface area contributed by atoms with Crippen LogP contribution in [0.25, 0.3) is 0 Å². The lowest BCUT2D eigenvalue weighted by Crippen LogP contribution is -2.43. The summed E-state index contributed by atoms with van der Waals surface area (Å²) in [7, 11) is 0. The van der Waals surface area contributed by atoms with Gasteiger partial charge < -0.3 is 10.0 Å². The number of carbonyl (C=O) groups excluding carboxylic acids is 1. The zero-order valence-electron chi connectivity index (χ0n) is 17.1. The molecule has 0 unspecified atom stereocenters. The van der Waals surface area contributed by atoms with Crippen molar-refractivity contribution in [3.63, 3.8) is 0 Å². The first-order chi connectivity index (χ1) is 13.4. The summed E-state index contributed by atoms with van der Waals surface area (Å²) in [6.07, 6.45) is 4.44. The van der Waals surface area contributed by atoms with Crippen molar-refractivity contribution < 1.29 is 14.7 Å². The van der Waals surface area contributed by atoms with Crippen molar-refractivity contribution in [3.05, 3.63) is 35.4 Å². The number of piperidine rings is 1. The number of hydrogen-bond donors (Lipinski definition) is 1. The lowest BCUT2D eigenvalue weighted by molar-refractivity contribution is -0.148. The van der Waals surface area contributed by atoms with Crippen LogP contribution in [-0.2, 0) is 16.1 Å². The van der Waals surface area contributed by atoms with E-state index in [0.717, 1.165) is 45.3 Å². The highest BCUT2D eigenvalue weighted by Crippen LogP contribution is 2.45. The Morgan fingerprint density at radius 2 is 1.79 bits per heavy atom. The largest absolute Gasteiger partial charge is 0.480 e. The summed E-state index contributed by atoms with van der Waals surface area (Å²) in [4.78, 5) is 28.5. The number of likely N-dealkylation sites (tertiary alicyclic amines) is 2. The molecule has 28 heavy (non-hydrogen) atoms. The maximum atomic E-state index is 12.6.